The average molecular weight is 576 g/mol. The molecule has 0 aliphatic carbocycles. The third-order valence-electron chi connectivity index (χ3n) is 5.57. The number of aromatic nitrogens is 2. The number of carbonyl (C=O) groups is 2. The fourth-order valence-corrected chi connectivity index (χ4v) is 3.82. The van der Waals surface area contributed by atoms with Crippen LogP contribution in [0.25, 0.3) is 0 Å². The molecule has 0 aliphatic heterocycles. The van der Waals surface area contributed by atoms with E-state index in [2.05, 4.69) is 32.5 Å². The fourth-order valence-electron chi connectivity index (χ4n) is 3.60. The minimum absolute atomic E-state index is 0.0215. The number of imidazole rings is 1. The number of hydrogen-bond donors (Lipinski definition) is 4. The number of nitrogens with one attached hydrogen (secondary N) is 4. The summed E-state index contributed by atoms with van der Waals surface area (Å²) in [6.07, 6.45) is 1.26. The van der Waals surface area contributed by atoms with E-state index in [0.717, 1.165) is 16.8 Å². The number of rotatable bonds is 12. The van der Waals surface area contributed by atoms with E-state index in [9.17, 15) is 9.59 Å². The number of para-hydroxylation sites is 1. The largest absolute Gasteiger partial charge is 0.491 e. The standard InChI is InChI=1S/C29H28ClN5O4.C2H6/c1-19-8-6-7-11-24(19)33-20(2)34-28(36)26-27(32-18-31-26)29(37)35-25-13-12-22(16-23(25)30)39-15-14-38-17-21-9-4-3-5-10-21;1-2/h3-13,16,18,33H,2,14-15,17H2,1H3,(H,31,32)(H,34,36)(H,35,37);1-2H3. The molecule has 4 N–H and O–H groups in total. The van der Waals surface area contributed by atoms with Gasteiger partial charge in [0, 0.05) is 11.8 Å². The maximum absolute atomic E-state index is 12.9. The van der Waals surface area contributed by atoms with Gasteiger partial charge in [-0.1, -0.05) is 80.6 Å². The summed E-state index contributed by atoms with van der Waals surface area (Å²) in [5.41, 5.74) is 3.10. The Kier molecular flexibility index (Phi) is 12.0. The SMILES string of the molecule is C=C(NC(=O)c1[nH]cnc1C(=O)Nc1ccc(OCCOCc2ccccc2)cc1Cl)Nc1ccccc1C.CC. The van der Waals surface area contributed by atoms with Gasteiger partial charge in [-0.25, -0.2) is 4.98 Å². The van der Waals surface area contributed by atoms with Crippen LogP contribution < -0.4 is 20.7 Å². The smallest absolute Gasteiger partial charge is 0.276 e. The van der Waals surface area contributed by atoms with Gasteiger partial charge in [0.1, 0.15) is 23.9 Å². The van der Waals surface area contributed by atoms with E-state index in [1.165, 1.54) is 6.33 Å². The Labute approximate surface area is 245 Å². The monoisotopic (exact) mass is 575 g/mol. The second kappa shape index (κ2) is 15.9. The molecule has 9 nitrogen and oxygen atoms in total. The molecule has 0 saturated heterocycles. The van der Waals surface area contributed by atoms with E-state index in [0.29, 0.717) is 31.3 Å². The van der Waals surface area contributed by atoms with Crippen LogP contribution in [0.3, 0.4) is 0 Å². The molecule has 0 aliphatic rings. The minimum Gasteiger partial charge on any atom is -0.491 e. The normalized spacial score (nSPS) is 10.1. The first-order valence-corrected chi connectivity index (χ1v) is 13.5. The Balaban J connectivity index is 0.00000226. The Hall–Kier alpha value is -4.60. The number of anilines is 2. The Morgan fingerprint density at radius 3 is 2.39 bits per heavy atom. The molecular formula is C31H34ClN5O4. The molecule has 4 aromatic rings. The summed E-state index contributed by atoms with van der Waals surface area (Å²) in [7, 11) is 0. The highest BCUT2D eigenvalue weighted by Gasteiger charge is 2.22. The molecule has 0 fully saturated rings. The van der Waals surface area contributed by atoms with Gasteiger partial charge in [0.25, 0.3) is 11.8 Å². The minimum atomic E-state index is -0.608. The summed E-state index contributed by atoms with van der Waals surface area (Å²) < 4.78 is 11.3. The number of hydrogen-bond acceptors (Lipinski definition) is 6. The molecule has 214 valence electrons. The van der Waals surface area contributed by atoms with Crippen molar-refractivity contribution in [1.82, 2.24) is 15.3 Å². The van der Waals surface area contributed by atoms with Crippen molar-refractivity contribution in [3.05, 3.63) is 119 Å². The van der Waals surface area contributed by atoms with Gasteiger partial charge in [0.2, 0.25) is 0 Å². The first-order valence-electron chi connectivity index (χ1n) is 13.1. The van der Waals surface area contributed by atoms with Gasteiger partial charge < -0.3 is 30.4 Å². The molecule has 0 unspecified atom stereocenters. The Bertz CT molecular complexity index is 1460. The van der Waals surface area contributed by atoms with Crippen molar-refractivity contribution in [2.45, 2.75) is 27.4 Å². The third kappa shape index (κ3) is 9.23. The summed E-state index contributed by atoms with van der Waals surface area (Å²) in [5.74, 6) is -0.406. The maximum atomic E-state index is 12.9. The molecule has 10 heteroatoms. The molecule has 1 aromatic heterocycles. The Morgan fingerprint density at radius 2 is 1.66 bits per heavy atom. The molecule has 0 spiro atoms. The molecule has 0 bridgehead atoms. The van der Waals surface area contributed by atoms with Crippen molar-refractivity contribution in [3.8, 4) is 5.75 Å². The van der Waals surface area contributed by atoms with Crippen LogP contribution in [0.1, 0.15) is 46.0 Å². The highest BCUT2D eigenvalue weighted by Crippen LogP contribution is 2.27. The molecule has 0 saturated carbocycles. The van der Waals surface area contributed by atoms with Crippen LogP contribution in [0.5, 0.6) is 5.75 Å². The van der Waals surface area contributed by atoms with Crippen LogP contribution in [0.4, 0.5) is 11.4 Å². The van der Waals surface area contributed by atoms with Crippen molar-refractivity contribution in [1.29, 1.82) is 0 Å². The predicted octanol–water partition coefficient (Wildman–Crippen LogP) is 6.56. The lowest BCUT2D eigenvalue weighted by Crippen LogP contribution is -2.29. The maximum Gasteiger partial charge on any atom is 0.276 e. The van der Waals surface area contributed by atoms with Gasteiger partial charge in [-0.3, -0.25) is 9.59 Å². The van der Waals surface area contributed by atoms with Crippen LogP contribution in [-0.4, -0.2) is 35.0 Å². The number of halogens is 1. The molecular weight excluding hydrogens is 542 g/mol. The zero-order chi connectivity index (χ0) is 29.6. The number of carbonyl (C=O) groups excluding carboxylic acids is 2. The van der Waals surface area contributed by atoms with Gasteiger partial charge in [0.05, 0.1) is 30.3 Å². The number of aryl methyl sites for hydroxylation is 1. The van der Waals surface area contributed by atoms with E-state index < -0.39 is 11.8 Å². The highest BCUT2D eigenvalue weighted by molar-refractivity contribution is 6.34. The van der Waals surface area contributed by atoms with Gasteiger partial charge >= 0.3 is 0 Å². The van der Waals surface area contributed by atoms with E-state index in [1.54, 1.807) is 18.2 Å². The van der Waals surface area contributed by atoms with Crippen LogP contribution in [0.15, 0.2) is 91.5 Å². The molecule has 2 amide bonds. The lowest BCUT2D eigenvalue weighted by Gasteiger charge is -2.13. The number of H-pyrrole nitrogens is 1. The zero-order valence-corrected chi connectivity index (χ0v) is 24.0. The topological polar surface area (TPSA) is 117 Å². The number of amides is 2. The summed E-state index contributed by atoms with van der Waals surface area (Å²) in [6.45, 7) is 11.0. The third-order valence-corrected chi connectivity index (χ3v) is 5.89. The van der Waals surface area contributed by atoms with E-state index in [-0.39, 0.29) is 22.2 Å². The van der Waals surface area contributed by atoms with Gasteiger partial charge in [-0.15, -0.1) is 0 Å². The molecule has 41 heavy (non-hydrogen) atoms. The van der Waals surface area contributed by atoms with E-state index in [1.807, 2.05) is 75.4 Å². The lowest BCUT2D eigenvalue weighted by atomic mass is 10.2. The van der Waals surface area contributed by atoms with Gasteiger partial charge in [0.15, 0.2) is 5.69 Å². The number of benzene rings is 3. The number of ether oxygens (including phenoxy) is 2. The van der Waals surface area contributed by atoms with Crippen LogP contribution in [0, 0.1) is 6.92 Å². The first kappa shape index (κ1) is 30.9. The molecule has 0 atom stereocenters. The molecule has 0 radical (unpaired) electrons. The molecule has 1 heterocycles. The quantitative estimate of drug-likeness (QED) is 0.142. The molecule has 3 aromatic carbocycles. The average Bonchev–Trinajstić information content (AvgIpc) is 3.48. The zero-order valence-electron chi connectivity index (χ0n) is 23.3. The van der Waals surface area contributed by atoms with E-state index >= 15 is 0 Å². The van der Waals surface area contributed by atoms with Crippen molar-refractivity contribution in [3.63, 3.8) is 0 Å². The van der Waals surface area contributed by atoms with Crippen LogP contribution in [0.2, 0.25) is 5.02 Å². The number of aromatic amines is 1. The van der Waals surface area contributed by atoms with E-state index in [4.69, 9.17) is 21.1 Å². The fraction of sp³-hybridized carbons (Fsp3) is 0.194. The summed E-state index contributed by atoms with van der Waals surface area (Å²) >= 11 is 6.36. The van der Waals surface area contributed by atoms with Crippen molar-refractivity contribution in [2.75, 3.05) is 23.8 Å². The van der Waals surface area contributed by atoms with Crippen molar-refractivity contribution in [2.24, 2.45) is 0 Å². The molecule has 4 rings (SSSR count). The summed E-state index contributed by atoms with van der Waals surface area (Å²) in [4.78, 5) is 32.4. The van der Waals surface area contributed by atoms with Crippen LogP contribution in [-0.2, 0) is 11.3 Å². The van der Waals surface area contributed by atoms with Gasteiger partial charge in [-0.05, 0) is 36.2 Å². The highest BCUT2D eigenvalue weighted by atomic mass is 35.5. The van der Waals surface area contributed by atoms with Crippen molar-refractivity contribution >= 4 is 34.8 Å². The second-order valence-electron chi connectivity index (χ2n) is 8.48. The van der Waals surface area contributed by atoms with Crippen molar-refractivity contribution < 1.29 is 19.1 Å². The number of nitrogens with zero attached hydrogens (tertiary/aromatic N) is 1. The summed E-state index contributed by atoms with van der Waals surface area (Å²) in [5, 5.41) is 8.61. The van der Waals surface area contributed by atoms with Gasteiger partial charge in [-0.2, -0.15) is 0 Å². The first-order chi connectivity index (χ1) is 19.9. The predicted molar refractivity (Wildman–Crippen MR) is 162 cm³/mol. The Morgan fingerprint density at radius 1 is 0.927 bits per heavy atom. The summed E-state index contributed by atoms with van der Waals surface area (Å²) in [6, 6.07) is 22.3. The lowest BCUT2D eigenvalue weighted by molar-refractivity contribution is 0.0889. The second-order valence-corrected chi connectivity index (χ2v) is 8.89. The van der Waals surface area contributed by atoms with Crippen LogP contribution >= 0.6 is 11.6 Å².